The van der Waals surface area contributed by atoms with Crippen molar-refractivity contribution < 1.29 is 14.2 Å². The lowest BCUT2D eigenvalue weighted by molar-refractivity contribution is 0.0107. The van der Waals surface area contributed by atoms with E-state index in [-0.39, 0.29) is 17.8 Å². The predicted molar refractivity (Wildman–Crippen MR) is 91.4 cm³/mol. The Balaban J connectivity index is 1.60. The van der Waals surface area contributed by atoms with Crippen LogP contribution in [0.4, 0.5) is 0 Å². The highest BCUT2D eigenvalue weighted by Gasteiger charge is 2.36. The van der Waals surface area contributed by atoms with Crippen LogP contribution in [0.2, 0.25) is 0 Å². The highest BCUT2D eigenvalue weighted by molar-refractivity contribution is 6.19. The largest absolute Gasteiger partial charge is 0.491 e. The summed E-state index contributed by atoms with van der Waals surface area (Å²) in [6, 6.07) is 16.0. The summed E-state index contributed by atoms with van der Waals surface area (Å²) in [5.74, 6) is 1.65. The Hall–Kier alpha value is -1.71. The number of rotatable bonds is 5. The highest BCUT2D eigenvalue weighted by Crippen LogP contribution is 2.28. The molecule has 0 spiro atoms. The van der Waals surface area contributed by atoms with Crippen LogP contribution in [0.15, 0.2) is 48.5 Å². The van der Waals surface area contributed by atoms with Gasteiger partial charge >= 0.3 is 0 Å². The van der Waals surface area contributed by atoms with Crippen LogP contribution in [0.3, 0.4) is 0 Å². The fraction of sp³-hybridized carbons (Fsp3) is 0.368. The molecule has 0 aliphatic carbocycles. The van der Waals surface area contributed by atoms with Gasteiger partial charge in [0.1, 0.15) is 35.9 Å². The average molecular weight is 335 g/mol. The summed E-state index contributed by atoms with van der Waals surface area (Å²) >= 11 is 6.14. The smallest absolute Gasteiger partial charge is 0.135 e. The molecular formula is C19H21ClO3. The molecule has 1 aliphatic heterocycles. The van der Waals surface area contributed by atoms with E-state index in [1.54, 1.807) is 0 Å². The Labute approximate surface area is 142 Å². The van der Waals surface area contributed by atoms with Gasteiger partial charge < -0.3 is 14.2 Å². The monoisotopic (exact) mass is 334 g/mol. The molecule has 1 fully saturated rings. The quantitative estimate of drug-likeness (QED) is 0.596. The molecular weight excluding hydrogens is 314 g/mol. The molecule has 23 heavy (non-hydrogen) atoms. The first-order valence-corrected chi connectivity index (χ1v) is 8.26. The lowest BCUT2D eigenvalue weighted by Crippen LogP contribution is -2.32. The van der Waals surface area contributed by atoms with Crippen LogP contribution >= 0.6 is 11.6 Å². The minimum atomic E-state index is -0.336. The van der Waals surface area contributed by atoms with E-state index in [9.17, 15) is 0 Å². The number of hydrogen-bond acceptors (Lipinski definition) is 3. The van der Waals surface area contributed by atoms with Crippen molar-refractivity contribution in [3.8, 4) is 11.5 Å². The molecule has 3 rings (SSSR count). The molecule has 0 N–H and O–H groups in total. The summed E-state index contributed by atoms with van der Waals surface area (Å²) in [6.07, 6.45) is 0.364. The Morgan fingerprint density at radius 2 is 1.52 bits per heavy atom. The SMILES string of the molecule is Cc1ccc(OC[13C@H]2O[C@H](Cl)C[13C@@H]2Oc2ccc(C)cc2)cc1. The van der Waals surface area contributed by atoms with Crippen molar-refractivity contribution in [2.75, 3.05) is 6.61 Å². The molecule has 1 saturated heterocycles. The molecule has 1 aliphatic rings. The topological polar surface area (TPSA) is 27.7 Å². The number of halogens is 1. The number of hydrogen-bond donors (Lipinski definition) is 0. The van der Waals surface area contributed by atoms with Crippen molar-refractivity contribution in [1.29, 1.82) is 0 Å². The van der Waals surface area contributed by atoms with Gasteiger partial charge in [0.2, 0.25) is 0 Å². The van der Waals surface area contributed by atoms with E-state index in [4.69, 9.17) is 25.8 Å². The summed E-state index contributed by atoms with van der Waals surface area (Å²) < 4.78 is 17.6. The van der Waals surface area contributed by atoms with Crippen molar-refractivity contribution in [3.05, 3.63) is 59.7 Å². The van der Waals surface area contributed by atoms with Gasteiger partial charge in [-0.05, 0) is 38.1 Å². The maximum absolute atomic E-state index is 6.14. The third-order valence-electron chi connectivity index (χ3n) is 3.90. The van der Waals surface area contributed by atoms with Gasteiger partial charge in [0.15, 0.2) is 0 Å². The zero-order chi connectivity index (χ0) is 16.2. The van der Waals surface area contributed by atoms with Crippen LogP contribution in [0.1, 0.15) is 17.5 Å². The zero-order valence-corrected chi connectivity index (χ0v) is 14.1. The number of aryl methyl sites for hydroxylation is 2. The van der Waals surface area contributed by atoms with Crippen LogP contribution < -0.4 is 9.47 Å². The van der Waals surface area contributed by atoms with Crippen LogP contribution in [0, 0.1) is 13.8 Å². The Kier molecular flexibility index (Phi) is 5.09. The van der Waals surface area contributed by atoms with Gasteiger partial charge in [0.05, 0.1) is 0 Å². The lowest BCUT2D eigenvalue weighted by Gasteiger charge is -2.20. The standard InChI is InChI=1S/C19H21ClO3/c1-13-3-7-15(8-4-13)21-12-18-17(11-19(20)23-18)22-16-9-5-14(2)6-10-16/h3-10,17-19H,11-12H2,1-2H3/t17-,18+,19-/m0/s1/i17+1,18+1. The molecule has 3 atom stereocenters. The van der Waals surface area contributed by atoms with Gasteiger partial charge in [0, 0.05) is 6.42 Å². The molecule has 0 radical (unpaired) electrons. The maximum atomic E-state index is 6.14. The van der Waals surface area contributed by atoms with E-state index < -0.39 is 0 Å². The molecule has 2 aromatic rings. The lowest BCUT2D eigenvalue weighted by atomic mass is 10.2. The van der Waals surface area contributed by atoms with Crippen molar-refractivity contribution in [2.45, 2.75) is 38.0 Å². The van der Waals surface area contributed by atoms with Crippen molar-refractivity contribution in [2.24, 2.45) is 0 Å². The summed E-state index contributed by atoms with van der Waals surface area (Å²) in [4.78, 5) is 0. The Morgan fingerprint density at radius 1 is 0.957 bits per heavy atom. The minimum Gasteiger partial charge on any atom is -0.491 e. The first-order valence-electron chi connectivity index (χ1n) is 7.82. The van der Waals surface area contributed by atoms with Crippen LogP contribution in [-0.2, 0) is 4.74 Å². The van der Waals surface area contributed by atoms with Gasteiger partial charge in [-0.1, -0.05) is 47.0 Å². The van der Waals surface area contributed by atoms with E-state index >= 15 is 0 Å². The molecule has 1 heterocycles. The van der Waals surface area contributed by atoms with Crippen molar-refractivity contribution in [3.63, 3.8) is 0 Å². The summed E-state index contributed by atoms with van der Waals surface area (Å²) in [7, 11) is 0. The van der Waals surface area contributed by atoms with Gasteiger partial charge in [-0.15, -0.1) is 0 Å². The molecule has 0 bridgehead atoms. The molecule has 4 heteroatoms. The van der Waals surface area contributed by atoms with Crippen LogP contribution in [0.5, 0.6) is 11.5 Å². The van der Waals surface area contributed by atoms with E-state index in [2.05, 4.69) is 6.92 Å². The second-order valence-corrected chi connectivity index (χ2v) is 6.40. The molecule has 3 nitrogen and oxygen atoms in total. The number of ether oxygens (including phenoxy) is 3. The van der Waals surface area contributed by atoms with Gasteiger partial charge in [-0.2, -0.15) is 0 Å². The Bertz CT molecular complexity index is 624. The maximum Gasteiger partial charge on any atom is 0.135 e. The van der Waals surface area contributed by atoms with Crippen molar-refractivity contribution >= 4 is 11.6 Å². The van der Waals surface area contributed by atoms with Gasteiger partial charge in [0.25, 0.3) is 0 Å². The zero-order valence-electron chi connectivity index (χ0n) is 13.4. The molecule has 2 aromatic carbocycles. The minimum absolute atomic E-state index is 0.106. The third kappa shape index (κ3) is 4.40. The highest BCUT2D eigenvalue weighted by atomic mass is 35.5. The number of benzene rings is 2. The van der Waals surface area contributed by atoms with Gasteiger partial charge in [-0.25, -0.2) is 0 Å². The molecule has 122 valence electrons. The van der Waals surface area contributed by atoms with E-state index in [1.807, 2.05) is 55.5 Å². The van der Waals surface area contributed by atoms with Gasteiger partial charge in [-0.3, -0.25) is 0 Å². The summed E-state index contributed by atoms with van der Waals surface area (Å²) in [5, 5.41) is 0. The first-order chi connectivity index (χ1) is 11.1. The molecule has 0 unspecified atom stereocenters. The van der Waals surface area contributed by atoms with E-state index in [1.165, 1.54) is 11.1 Å². The summed E-state index contributed by atoms with van der Waals surface area (Å²) in [6.45, 7) is 4.52. The second kappa shape index (κ2) is 7.24. The molecule has 0 saturated carbocycles. The summed E-state index contributed by atoms with van der Waals surface area (Å²) in [5.41, 5.74) is 2.07. The fourth-order valence-electron chi connectivity index (χ4n) is 2.54. The number of alkyl halides is 1. The first kappa shape index (κ1) is 16.2. The van der Waals surface area contributed by atoms with Crippen molar-refractivity contribution in [1.82, 2.24) is 0 Å². The fourth-order valence-corrected chi connectivity index (χ4v) is 2.85. The van der Waals surface area contributed by atoms with E-state index in [0.717, 1.165) is 11.5 Å². The predicted octanol–water partition coefficient (Wildman–Crippen LogP) is 4.48. The normalized spacial score (nSPS) is 23.7. The second-order valence-electron chi connectivity index (χ2n) is 5.91. The van der Waals surface area contributed by atoms with Crippen LogP contribution in [-0.4, -0.2) is 24.4 Å². The molecule has 0 amide bonds. The third-order valence-corrected chi connectivity index (χ3v) is 4.18. The molecule has 0 aromatic heterocycles. The Morgan fingerprint density at radius 3 is 2.13 bits per heavy atom. The average Bonchev–Trinajstić information content (AvgIpc) is 2.89. The van der Waals surface area contributed by atoms with E-state index in [0.29, 0.717) is 13.0 Å². The van der Waals surface area contributed by atoms with Crippen LogP contribution in [0.25, 0.3) is 0 Å².